The van der Waals surface area contributed by atoms with E-state index in [1.165, 1.54) is 7.11 Å². The third-order valence-corrected chi connectivity index (χ3v) is 5.66. The maximum atomic E-state index is 12.8. The summed E-state index contributed by atoms with van der Waals surface area (Å²) in [6.45, 7) is 4.15. The molecule has 7 nitrogen and oxygen atoms in total. The highest BCUT2D eigenvalue weighted by atomic mass is 35.5. The number of esters is 1. The van der Waals surface area contributed by atoms with Crippen molar-refractivity contribution in [2.75, 3.05) is 13.7 Å². The fourth-order valence-corrected chi connectivity index (χ4v) is 4.01. The van der Waals surface area contributed by atoms with Crippen molar-refractivity contribution in [3.05, 3.63) is 68.8 Å². The molecule has 2 aromatic carbocycles. The van der Waals surface area contributed by atoms with Gasteiger partial charge in [0.15, 0.2) is 11.5 Å². The number of rotatable bonds is 9. The number of carbonyl (C=O) groups excluding carboxylic acids is 2. The third kappa shape index (κ3) is 5.92. The first-order valence-corrected chi connectivity index (χ1v) is 11.4. The summed E-state index contributed by atoms with van der Waals surface area (Å²) in [5, 5.41) is 6.61. The lowest BCUT2D eigenvalue weighted by Crippen LogP contribution is -2.46. The van der Waals surface area contributed by atoms with Gasteiger partial charge in [-0.1, -0.05) is 48.7 Å². The van der Waals surface area contributed by atoms with Gasteiger partial charge in [0.1, 0.15) is 6.61 Å². The number of carbonyl (C=O) groups is 2. The Morgan fingerprint density at radius 1 is 1.09 bits per heavy atom. The van der Waals surface area contributed by atoms with E-state index in [1.807, 2.05) is 6.92 Å². The van der Waals surface area contributed by atoms with Crippen molar-refractivity contribution < 1.29 is 23.8 Å². The molecule has 3 rings (SSSR count). The van der Waals surface area contributed by atoms with Gasteiger partial charge in [-0.15, -0.1) is 0 Å². The Morgan fingerprint density at radius 2 is 1.88 bits per heavy atom. The van der Waals surface area contributed by atoms with Crippen LogP contribution in [-0.4, -0.2) is 25.7 Å². The maximum absolute atomic E-state index is 12.8. The van der Waals surface area contributed by atoms with E-state index in [0.717, 1.165) is 12.0 Å². The Morgan fingerprint density at radius 3 is 2.55 bits per heavy atom. The van der Waals surface area contributed by atoms with Crippen molar-refractivity contribution in [2.24, 2.45) is 0 Å². The fourth-order valence-electron chi connectivity index (χ4n) is 3.54. The van der Waals surface area contributed by atoms with E-state index in [2.05, 4.69) is 10.6 Å². The second kappa shape index (κ2) is 11.3. The van der Waals surface area contributed by atoms with Gasteiger partial charge in [0.05, 0.1) is 25.3 Å². The van der Waals surface area contributed by atoms with Crippen molar-refractivity contribution in [3.63, 3.8) is 0 Å². The molecule has 1 aliphatic heterocycles. The SMILES string of the molecule is CCCC1=C(C(=O)OCC)C(c2ccc(OCc3ccc(Cl)cc3Cl)c(OC)c2)NC(=O)N1. The predicted molar refractivity (Wildman–Crippen MR) is 127 cm³/mol. The molecule has 2 aromatic rings. The topological polar surface area (TPSA) is 85.9 Å². The second-order valence-corrected chi connectivity index (χ2v) is 8.17. The van der Waals surface area contributed by atoms with E-state index in [1.54, 1.807) is 43.3 Å². The van der Waals surface area contributed by atoms with Gasteiger partial charge < -0.3 is 24.8 Å². The zero-order valence-electron chi connectivity index (χ0n) is 18.7. The van der Waals surface area contributed by atoms with Gasteiger partial charge in [-0.05, 0) is 43.2 Å². The minimum Gasteiger partial charge on any atom is -0.493 e. The van der Waals surface area contributed by atoms with Crippen LogP contribution in [0, 0.1) is 0 Å². The number of hydrogen-bond donors (Lipinski definition) is 2. The van der Waals surface area contributed by atoms with E-state index < -0.39 is 12.0 Å². The van der Waals surface area contributed by atoms with Gasteiger partial charge in [0, 0.05) is 21.3 Å². The van der Waals surface area contributed by atoms with Crippen LogP contribution in [-0.2, 0) is 16.1 Å². The second-order valence-electron chi connectivity index (χ2n) is 7.33. The number of amides is 2. The third-order valence-electron chi connectivity index (χ3n) is 5.07. The van der Waals surface area contributed by atoms with Crippen LogP contribution in [0.4, 0.5) is 4.79 Å². The lowest BCUT2D eigenvalue weighted by atomic mass is 9.93. The van der Waals surface area contributed by atoms with Crippen LogP contribution in [0.15, 0.2) is 47.7 Å². The highest BCUT2D eigenvalue weighted by molar-refractivity contribution is 6.35. The Kier molecular flexibility index (Phi) is 8.47. The quantitative estimate of drug-likeness (QED) is 0.448. The smallest absolute Gasteiger partial charge is 0.338 e. The number of methoxy groups -OCH3 is 1. The van der Waals surface area contributed by atoms with Crippen molar-refractivity contribution in [1.82, 2.24) is 10.6 Å². The monoisotopic (exact) mass is 492 g/mol. The number of urea groups is 1. The minimum absolute atomic E-state index is 0.213. The van der Waals surface area contributed by atoms with Gasteiger partial charge in [0.25, 0.3) is 0 Å². The van der Waals surface area contributed by atoms with E-state index in [-0.39, 0.29) is 19.2 Å². The Balaban J connectivity index is 1.92. The Hall–Kier alpha value is -2.90. The molecule has 33 heavy (non-hydrogen) atoms. The lowest BCUT2D eigenvalue weighted by molar-refractivity contribution is -0.139. The number of halogens is 2. The summed E-state index contributed by atoms with van der Waals surface area (Å²) in [5.41, 5.74) is 2.37. The van der Waals surface area contributed by atoms with E-state index in [0.29, 0.717) is 44.8 Å². The number of nitrogens with one attached hydrogen (secondary N) is 2. The lowest BCUT2D eigenvalue weighted by Gasteiger charge is -2.29. The van der Waals surface area contributed by atoms with E-state index in [9.17, 15) is 9.59 Å². The zero-order valence-corrected chi connectivity index (χ0v) is 20.2. The fraction of sp³-hybridized carbons (Fsp3) is 0.333. The van der Waals surface area contributed by atoms with Gasteiger partial charge in [-0.25, -0.2) is 9.59 Å². The molecule has 0 aromatic heterocycles. The standard InChI is InChI=1S/C24H26Cl2N2O5/c1-4-6-18-21(23(29)32-5-2)22(28-24(30)27-18)14-8-10-19(20(11-14)31-3)33-13-15-7-9-16(25)12-17(15)26/h7-12,22H,4-6,13H2,1-3H3,(H2,27,28,30). The normalized spacial score (nSPS) is 15.5. The van der Waals surface area contributed by atoms with Gasteiger partial charge in [0.2, 0.25) is 0 Å². The summed E-state index contributed by atoms with van der Waals surface area (Å²) < 4.78 is 16.7. The molecule has 0 saturated carbocycles. The number of benzene rings is 2. The number of allylic oxidation sites excluding steroid dienone is 1. The van der Waals surface area contributed by atoms with Crippen LogP contribution < -0.4 is 20.1 Å². The first-order chi connectivity index (χ1) is 15.9. The van der Waals surface area contributed by atoms with Gasteiger partial charge in [-0.3, -0.25) is 0 Å². The molecule has 0 aliphatic carbocycles. The molecular formula is C24H26Cl2N2O5. The maximum Gasteiger partial charge on any atom is 0.338 e. The summed E-state index contributed by atoms with van der Waals surface area (Å²) in [5.74, 6) is 0.462. The highest BCUT2D eigenvalue weighted by Gasteiger charge is 2.33. The summed E-state index contributed by atoms with van der Waals surface area (Å²) in [6.07, 6.45) is 1.30. The van der Waals surface area contributed by atoms with Crippen LogP contribution in [0.3, 0.4) is 0 Å². The summed E-state index contributed by atoms with van der Waals surface area (Å²) in [7, 11) is 1.52. The molecule has 0 saturated heterocycles. The molecule has 176 valence electrons. The van der Waals surface area contributed by atoms with Crippen LogP contribution in [0.25, 0.3) is 0 Å². The molecule has 0 spiro atoms. The minimum atomic E-state index is -0.687. The molecule has 1 atom stereocenters. The molecule has 2 N–H and O–H groups in total. The highest BCUT2D eigenvalue weighted by Crippen LogP contribution is 2.36. The first kappa shape index (κ1) is 24.7. The number of ether oxygens (including phenoxy) is 3. The molecule has 0 radical (unpaired) electrons. The zero-order chi connectivity index (χ0) is 24.0. The predicted octanol–water partition coefficient (Wildman–Crippen LogP) is 5.55. The van der Waals surface area contributed by atoms with Crippen LogP contribution in [0.1, 0.15) is 43.9 Å². The summed E-state index contributed by atoms with van der Waals surface area (Å²) >= 11 is 12.2. The van der Waals surface area contributed by atoms with E-state index >= 15 is 0 Å². The average Bonchev–Trinajstić information content (AvgIpc) is 2.78. The van der Waals surface area contributed by atoms with Gasteiger partial charge >= 0.3 is 12.0 Å². The molecule has 1 unspecified atom stereocenters. The first-order valence-electron chi connectivity index (χ1n) is 10.6. The van der Waals surface area contributed by atoms with Crippen molar-refractivity contribution in [2.45, 2.75) is 39.3 Å². The summed E-state index contributed by atoms with van der Waals surface area (Å²) in [4.78, 5) is 25.1. The van der Waals surface area contributed by atoms with Gasteiger partial charge in [-0.2, -0.15) is 0 Å². The molecular weight excluding hydrogens is 467 g/mol. The van der Waals surface area contributed by atoms with E-state index in [4.69, 9.17) is 37.4 Å². The van der Waals surface area contributed by atoms with Crippen molar-refractivity contribution in [1.29, 1.82) is 0 Å². The molecule has 0 fully saturated rings. The average molecular weight is 493 g/mol. The van der Waals surface area contributed by atoms with Crippen LogP contribution >= 0.6 is 23.2 Å². The Labute approximate surface area is 203 Å². The van der Waals surface area contributed by atoms with Crippen LogP contribution in [0.2, 0.25) is 10.0 Å². The largest absolute Gasteiger partial charge is 0.493 e. The number of hydrogen-bond acceptors (Lipinski definition) is 5. The molecule has 9 heteroatoms. The summed E-state index contributed by atoms with van der Waals surface area (Å²) in [6, 6.07) is 9.36. The molecule has 1 aliphatic rings. The van der Waals surface area contributed by atoms with Crippen molar-refractivity contribution in [3.8, 4) is 11.5 Å². The molecule has 2 amide bonds. The molecule has 1 heterocycles. The van der Waals surface area contributed by atoms with Crippen LogP contribution in [0.5, 0.6) is 11.5 Å². The Bertz CT molecular complexity index is 1070. The van der Waals surface area contributed by atoms with Crippen molar-refractivity contribution >= 4 is 35.2 Å². The molecule has 0 bridgehead atoms.